The van der Waals surface area contributed by atoms with Gasteiger partial charge >= 0.3 is 0 Å². The molecule has 0 bridgehead atoms. The highest BCUT2D eigenvalue weighted by molar-refractivity contribution is 6.31. The Balaban J connectivity index is 2.41. The minimum Gasteiger partial charge on any atom is -0.365 e. The Kier molecular flexibility index (Phi) is 5.52. The average Bonchev–Trinajstić information content (AvgIpc) is 2.50. The summed E-state index contributed by atoms with van der Waals surface area (Å²) >= 11 is 6.18. The molecule has 0 spiro atoms. The van der Waals surface area contributed by atoms with Gasteiger partial charge in [-0.05, 0) is 74.6 Å². The maximum Gasteiger partial charge on any atom is 0.0539 e. The lowest BCUT2D eigenvalue weighted by atomic mass is 9.97. The van der Waals surface area contributed by atoms with E-state index in [1.165, 1.54) is 22.4 Å². The Bertz CT molecular complexity index is 591. The molecule has 0 saturated carbocycles. The van der Waals surface area contributed by atoms with Crippen LogP contribution in [0.4, 0.5) is 5.69 Å². The number of nitrogens with zero attached hydrogens (tertiary/aromatic N) is 1. The summed E-state index contributed by atoms with van der Waals surface area (Å²) in [4.78, 5) is 2.47. The minimum atomic E-state index is 0.393. The van der Waals surface area contributed by atoms with E-state index < -0.39 is 0 Å². The number of rotatable bonds is 5. The second kappa shape index (κ2) is 7.19. The van der Waals surface area contributed by atoms with Crippen LogP contribution in [0.15, 0.2) is 36.4 Å². The Hall–Kier alpha value is -1.47. The van der Waals surface area contributed by atoms with Gasteiger partial charge in [-0.3, -0.25) is 0 Å². The van der Waals surface area contributed by atoms with Gasteiger partial charge in [-0.15, -0.1) is 0 Å². The molecule has 2 heteroatoms. The van der Waals surface area contributed by atoms with E-state index in [1.54, 1.807) is 0 Å². The molecule has 2 aromatic carbocycles. The van der Waals surface area contributed by atoms with Crippen LogP contribution < -0.4 is 4.90 Å². The number of hydrogen-bond acceptors (Lipinski definition) is 1. The van der Waals surface area contributed by atoms with E-state index in [-0.39, 0.29) is 0 Å². The molecule has 0 fully saturated rings. The van der Waals surface area contributed by atoms with Crippen molar-refractivity contribution in [2.24, 2.45) is 0 Å². The van der Waals surface area contributed by atoms with Crippen molar-refractivity contribution in [1.29, 1.82) is 0 Å². The van der Waals surface area contributed by atoms with Crippen molar-refractivity contribution in [2.75, 3.05) is 11.4 Å². The smallest absolute Gasteiger partial charge is 0.0539 e. The second-order valence-corrected chi connectivity index (χ2v) is 6.39. The molecule has 0 aliphatic carbocycles. The number of benzene rings is 2. The monoisotopic (exact) mass is 315 g/mol. The molecule has 118 valence electrons. The summed E-state index contributed by atoms with van der Waals surface area (Å²) in [6.07, 6.45) is 1.08. The van der Waals surface area contributed by atoms with Gasteiger partial charge < -0.3 is 4.90 Å². The fourth-order valence-corrected chi connectivity index (χ4v) is 3.12. The first kappa shape index (κ1) is 16.9. The molecule has 0 radical (unpaired) electrons. The molecule has 22 heavy (non-hydrogen) atoms. The molecular weight excluding hydrogens is 290 g/mol. The van der Waals surface area contributed by atoms with Gasteiger partial charge in [0.1, 0.15) is 0 Å². The predicted molar refractivity (Wildman–Crippen MR) is 98.2 cm³/mol. The van der Waals surface area contributed by atoms with E-state index in [0.29, 0.717) is 6.04 Å². The summed E-state index contributed by atoms with van der Waals surface area (Å²) in [5.41, 5.74) is 6.48. The van der Waals surface area contributed by atoms with E-state index in [9.17, 15) is 0 Å². The maximum absolute atomic E-state index is 6.18. The Morgan fingerprint density at radius 3 is 2.18 bits per heavy atom. The Morgan fingerprint density at radius 1 is 0.909 bits per heavy atom. The van der Waals surface area contributed by atoms with Crippen molar-refractivity contribution in [3.8, 4) is 0 Å². The van der Waals surface area contributed by atoms with Crippen molar-refractivity contribution in [3.63, 3.8) is 0 Å². The first-order valence-corrected chi connectivity index (χ1v) is 8.45. The molecule has 0 heterocycles. The van der Waals surface area contributed by atoms with E-state index >= 15 is 0 Å². The van der Waals surface area contributed by atoms with E-state index in [4.69, 9.17) is 11.6 Å². The molecule has 0 aromatic heterocycles. The summed E-state index contributed by atoms with van der Waals surface area (Å²) in [5, 5.41) is 0.832. The van der Waals surface area contributed by atoms with Gasteiger partial charge in [0.05, 0.1) is 6.04 Å². The summed E-state index contributed by atoms with van der Waals surface area (Å²) in [7, 11) is 0. The van der Waals surface area contributed by atoms with Gasteiger partial charge in [0.2, 0.25) is 0 Å². The standard InChI is InChI=1S/C20H26ClN/c1-6-20(17-9-8-14(3)15(4)12-17)22(7-2)18-10-11-19(21)16(5)13-18/h8-13,20H,6-7H2,1-5H3. The topological polar surface area (TPSA) is 3.24 Å². The summed E-state index contributed by atoms with van der Waals surface area (Å²) < 4.78 is 0. The Labute approximate surface area is 139 Å². The van der Waals surface area contributed by atoms with Crippen molar-refractivity contribution in [2.45, 2.75) is 47.1 Å². The molecule has 1 nitrogen and oxygen atoms in total. The second-order valence-electron chi connectivity index (χ2n) is 5.99. The number of halogens is 1. The van der Waals surface area contributed by atoms with Gasteiger partial charge in [0.15, 0.2) is 0 Å². The highest BCUT2D eigenvalue weighted by atomic mass is 35.5. The number of hydrogen-bond donors (Lipinski definition) is 0. The molecule has 0 aliphatic heterocycles. The van der Waals surface area contributed by atoms with E-state index in [2.05, 4.69) is 69.9 Å². The third-order valence-corrected chi connectivity index (χ3v) is 4.92. The third-order valence-electron chi connectivity index (χ3n) is 4.49. The fraction of sp³-hybridized carbons (Fsp3) is 0.400. The third kappa shape index (κ3) is 3.47. The highest BCUT2D eigenvalue weighted by Crippen LogP contribution is 2.32. The van der Waals surface area contributed by atoms with Crippen molar-refractivity contribution in [1.82, 2.24) is 0 Å². The lowest BCUT2D eigenvalue weighted by molar-refractivity contribution is 0.614. The van der Waals surface area contributed by atoms with Gasteiger partial charge in [0, 0.05) is 17.3 Å². The minimum absolute atomic E-state index is 0.393. The molecule has 1 atom stereocenters. The maximum atomic E-state index is 6.18. The molecule has 0 aliphatic rings. The molecule has 2 aromatic rings. The summed E-state index contributed by atoms with van der Waals surface area (Å²) in [6.45, 7) is 11.9. The lowest BCUT2D eigenvalue weighted by Gasteiger charge is -2.33. The van der Waals surface area contributed by atoms with Crippen LogP contribution in [-0.4, -0.2) is 6.54 Å². The van der Waals surface area contributed by atoms with Gasteiger partial charge in [-0.1, -0.05) is 36.7 Å². The van der Waals surface area contributed by atoms with E-state index in [1.807, 2.05) is 6.07 Å². The summed E-state index contributed by atoms with van der Waals surface area (Å²) in [5.74, 6) is 0. The highest BCUT2D eigenvalue weighted by Gasteiger charge is 2.18. The van der Waals surface area contributed by atoms with E-state index in [0.717, 1.165) is 23.6 Å². The van der Waals surface area contributed by atoms with Crippen LogP contribution in [0.1, 0.15) is 48.6 Å². The van der Waals surface area contributed by atoms with Crippen LogP contribution >= 0.6 is 11.6 Å². The molecule has 2 rings (SSSR count). The molecular formula is C20H26ClN. The zero-order valence-corrected chi connectivity index (χ0v) is 15.0. The zero-order valence-electron chi connectivity index (χ0n) is 14.3. The molecule has 1 unspecified atom stereocenters. The van der Waals surface area contributed by atoms with Crippen molar-refractivity contribution in [3.05, 3.63) is 63.7 Å². The van der Waals surface area contributed by atoms with Crippen LogP contribution in [-0.2, 0) is 0 Å². The van der Waals surface area contributed by atoms with Crippen molar-refractivity contribution >= 4 is 17.3 Å². The summed E-state index contributed by atoms with van der Waals surface area (Å²) in [6, 6.07) is 13.5. The molecule has 0 amide bonds. The SMILES string of the molecule is CCC(c1ccc(C)c(C)c1)N(CC)c1ccc(Cl)c(C)c1. The molecule has 0 saturated heterocycles. The predicted octanol–water partition coefficient (Wildman–Crippen LogP) is 6.24. The average molecular weight is 316 g/mol. The fourth-order valence-electron chi connectivity index (χ4n) is 3.00. The van der Waals surface area contributed by atoms with Crippen LogP contribution in [0.25, 0.3) is 0 Å². The number of anilines is 1. The van der Waals surface area contributed by atoms with Gasteiger partial charge in [-0.2, -0.15) is 0 Å². The largest absolute Gasteiger partial charge is 0.365 e. The van der Waals surface area contributed by atoms with Crippen molar-refractivity contribution < 1.29 is 0 Å². The first-order valence-electron chi connectivity index (χ1n) is 8.07. The molecule has 0 N–H and O–H groups in total. The van der Waals surface area contributed by atoms with Gasteiger partial charge in [0.25, 0.3) is 0 Å². The van der Waals surface area contributed by atoms with Crippen LogP contribution in [0.2, 0.25) is 5.02 Å². The zero-order chi connectivity index (χ0) is 16.3. The quantitative estimate of drug-likeness (QED) is 0.631. The normalized spacial score (nSPS) is 12.3. The lowest BCUT2D eigenvalue weighted by Crippen LogP contribution is -2.28. The van der Waals surface area contributed by atoms with Crippen LogP contribution in [0.5, 0.6) is 0 Å². The van der Waals surface area contributed by atoms with Crippen LogP contribution in [0.3, 0.4) is 0 Å². The first-order chi connectivity index (χ1) is 10.5. The Morgan fingerprint density at radius 2 is 1.64 bits per heavy atom. The van der Waals surface area contributed by atoms with Gasteiger partial charge in [-0.25, -0.2) is 0 Å². The number of aryl methyl sites for hydroxylation is 3. The van der Waals surface area contributed by atoms with Crippen LogP contribution in [0, 0.1) is 20.8 Å².